The second-order valence-corrected chi connectivity index (χ2v) is 6.87. The zero-order valence-electron chi connectivity index (χ0n) is 10.8. The van der Waals surface area contributed by atoms with Crippen LogP contribution in [0.25, 0.3) is 0 Å². The van der Waals surface area contributed by atoms with E-state index < -0.39 is 33.1 Å². The van der Waals surface area contributed by atoms with Crippen LogP contribution in [0.2, 0.25) is 0 Å². The Bertz CT molecular complexity index is 699. The molecule has 112 valence electrons. The molecule has 0 spiro atoms. The molecule has 0 amide bonds. The van der Waals surface area contributed by atoms with Gasteiger partial charge in [0.1, 0.15) is 12.1 Å². The molecule has 2 bridgehead atoms. The number of carbonyl (C=O) groups excluding carboxylic acids is 1. The molecular formula is C12H12N2O6S. The molecule has 3 saturated heterocycles. The maximum atomic E-state index is 12.6. The summed E-state index contributed by atoms with van der Waals surface area (Å²) in [5, 5.41) is 10.6. The summed E-state index contributed by atoms with van der Waals surface area (Å²) in [4.78, 5) is 21.6. The fourth-order valence-electron chi connectivity index (χ4n) is 2.62. The van der Waals surface area contributed by atoms with Gasteiger partial charge in [-0.15, -0.1) is 0 Å². The zero-order chi connectivity index (χ0) is 15.2. The number of non-ortho nitro benzene ring substituents is 1. The average molecular weight is 312 g/mol. The highest BCUT2D eigenvalue weighted by Gasteiger charge is 2.47. The van der Waals surface area contributed by atoms with Gasteiger partial charge in [-0.05, 0) is 25.0 Å². The van der Waals surface area contributed by atoms with Crippen LogP contribution in [0, 0.1) is 10.1 Å². The van der Waals surface area contributed by atoms with Gasteiger partial charge in [0.15, 0.2) is 0 Å². The van der Waals surface area contributed by atoms with Crippen LogP contribution in [0.5, 0.6) is 0 Å². The maximum absolute atomic E-state index is 12.6. The van der Waals surface area contributed by atoms with Crippen molar-refractivity contribution in [2.75, 3.05) is 6.54 Å². The molecule has 9 heteroatoms. The summed E-state index contributed by atoms with van der Waals surface area (Å²) in [6.45, 7) is 0.135. The number of nitrogens with zero attached hydrogens (tertiary/aromatic N) is 2. The van der Waals surface area contributed by atoms with Crippen LogP contribution >= 0.6 is 0 Å². The van der Waals surface area contributed by atoms with Gasteiger partial charge in [0.05, 0.1) is 16.4 Å². The lowest BCUT2D eigenvalue weighted by Crippen LogP contribution is -2.58. The lowest BCUT2D eigenvalue weighted by molar-refractivity contribution is -0.384. The second kappa shape index (κ2) is 4.78. The van der Waals surface area contributed by atoms with Gasteiger partial charge in [0.25, 0.3) is 5.69 Å². The topological polar surface area (TPSA) is 107 Å². The number of morpholine rings is 1. The minimum absolute atomic E-state index is 0.0616. The molecule has 3 heterocycles. The molecule has 21 heavy (non-hydrogen) atoms. The summed E-state index contributed by atoms with van der Waals surface area (Å²) >= 11 is 0. The van der Waals surface area contributed by atoms with E-state index in [1.54, 1.807) is 0 Å². The largest absolute Gasteiger partial charge is 0.460 e. The summed E-state index contributed by atoms with van der Waals surface area (Å²) in [7, 11) is -3.86. The van der Waals surface area contributed by atoms with Crippen molar-refractivity contribution in [1.29, 1.82) is 0 Å². The first kappa shape index (κ1) is 14.0. The van der Waals surface area contributed by atoms with E-state index in [-0.39, 0.29) is 17.1 Å². The van der Waals surface area contributed by atoms with E-state index in [0.29, 0.717) is 12.8 Å². The van der Waals surface area contributed by atoms with Crippen LogP contribution in [0.1, 0.15) is 12.8 Å². The summed E-state index contributed by atoms with van der Waals surface area (Å²) in [6.07, 6.45) is 0.689. The molecule has 2 atom stereocenters. The van der Waals surface area contributed by atoms with E-state index in [1.165, 1.54) is 12.1 Å². The predicted molar refractivity (Wildman–Crippen MR) is 69.9 cm³/mol. The summed E-state index contributed by atoms with van der Waals surface area (Å²) < 4.78 is 31.3. The van der Waals surface area contributed by atoms with Gasteiger partial charge < -0.3 is 4.74 Å². The molecule has 0 aromatic heterocycles. The Balaban J connectivity index is 1.93. The Morgan fingerprint density at radius 1 is 1.24 bits per heavy atom. The Hall–Kier alpha value is -2.00. The first-order chi connectivity index (χ1) is 9.89. The number of sulfonamides is 1. The van der Waals surface area contributed by atoms with Gasteiger partial charge in [0.2, 0.25) is 10.0 Å². The Morgan fingerprint density at radius 3 is 2.43 bits per heavy atom. The quantitative estimate of drug-likeness (QED) is 0.461. The molecule has 1 aromatic rings. The lowest BCUT2D eigenvalue weighted by Gasteiger charge is -2.42. The molecule has 0 unspecified atom stereocenters. The van der Waals surface area contributed by atoms with Crippen LogP contribution in [-0.4, -0.2) is 42.3 Å². The van der Waals surface area contributed by atoms with Crippen molar-refractivity contribution < 1.29 is 22.9 Å². The summed E-state index contributed by atoms with van der Waals surface area (Å²) in [5.74, 6) is -0.525. The Kier molecular flexibility index (Phi) is 3.18. The number of nitro benzene ring substituents is 1. The summed E-state index contributed by atoms with van der Waals surface area (Å²) in [6, 6.07) is 3.83. The number of nitro groups is 1. The van der Waals surface area contributed by atoms with Gasteiger partial charge in [-0.2, -0.15) is 4.31 Å². The van der Waals surface area contributed by atoms with Crippen molar-refractivity contribution in [2.24, 2.45) is 0 Å². The van der Waals surface area contributed by atoms with Crippen molar-refractivity contribution in [3.05, 3.63) is 34.4 Å². The predicted octanol–water partition coefficient (Wildman–Crippen LogP) is 0.673. The fraction of sp³-hybridized carbons (Fsp3) is 0.417. The standard InChI is InChI=1S/C12H12N2O6S/c15-12-11-6-3-9(20-12)7-13(11)21(18,19)10-4-1-8(2-5-10)14(16)17/h1-2,4-5,9,11H,3,6-7H2/t9-,11-/m1/s1. The molecule has 0 saturated carbocycles. The number of hydrogen-bond donors (Lipinski definition) is 0. The number of piperidine rings is 1. The van der Waals surface area contributed by atoms with E-state index in [4.69, 9.17) is 4.74 Å². The number of benzene rings is 1. The SMILES string of the molecule is O=C1O[C@@H]2CC[C@H]1N(S(=O)(=O)c1ccc([N+](=O)[O-])cc1)C2. The molecular weight excluding hydrogens is 300 g/mol. The first-order valence-corrected chi connectivity index (χ1v) is 7.80. The first-order valence-electron chi connectivity index (χ1n) is 6.36. The Morgan fingerprint density at radius 2 is 1.90 bits per heavy atom. The number of hydrogen-bond acceptors (Lipinski definition) is 6. The van der Waals surface area contributed by atoms with E-state index in [0.717, 1.165) is 16.4 Å². The highest BCUT2D eigenvalue weighted by atomic mass is 32.2. The smallest absolute Gasteiger partial charge is 0.324 e. The highest BCUT2D eigenvalue weighted by Crippen LogP contribution is 2.32. The van der Waals surface area contributed by atoms with Crippen molar-refractivity contribution >= 4 is 21.7 Å². The number of esters is 1. The number of fused-ring (bicyclic) bond motifs is 3. The van der Waals surface area contributed by atoms with Crippen LogP contribution in [0.4, 0.5) is 5.69 Å². The third-order valence-corrected chi connectivity index (χ3v) is 5.59. The van der Waals surface area contributed by atoms with Gasteiger partial charge in [-0.25, -0.2) is 8.42 Å². The second-order valence-electron chi connectivity index (χ2n) is 4.98. The normalized spacial score (nSPS) is 25.6. The van der Waals surface area contributed by atoms with Crippen molar-refractivity contribution in [1.82, 2.24) is 4.31 Å². The third kappa shape index (κ3) is 2.28. The molecule has 3 aliphatic rings. The monoisotopic (exact) mass is 312 g/mol. The number of ether oxygens (including phenoxy) is 1. The number of carbonyl (C=O) groups is 1. The van der Waals surface area contributed by atoms with E-state index in [9.17, 15) is 23.3 Å². The van der Waals surface area contributed by atoms with E-state index >= 15 is 0 Å². The average Bonchev–Trinajstić information content (AvgIpc) is 2.47. The van der Waals surface area contributed by atoms with E-state index in [2.05, 4.69) is 0 Å². The molecule has 0 aliphatic carbocycles. The van der Waals surface area contributed by atoms with Crippen LogP contribution in [-0.2, 0) is 19.6 Å². The van der Waals surface area contributed by atoms with Crippen LogP contribution < -0.4 is 0 Å². The maximum Gasteiger partial charge on any atom is 0.324 e. The van der Waals surface area contributed by atoms with E-state index in [1.807, 2.05) is 0 Å². The van der Waals surface area contributed by atoms with Crippen LogP contribution in [0.15, 0.2) is 29.2 Å². The highest BCUT2D eigenvalue weighted by molar-refractivity contribution is 7.89. The molecule has 0 radical (unpaired) electrons. The fourth-order valence-corrected chi connectivity index (χ4v) is 4.26. The molecule has 3 aliphatic heterocycles. The van der Waals surface area contributed by atoms with Crippen molar-refractivity contribution in [3.63, 3.8) is 0 Å². The third-order valence-electron chi connectivity index (χ3n) is 3.70. The molecule has 0 N–H and O–H groups in total. The molecule has 8 nitrogen and oxygen atoms in total. The zero-order valence-corrected chi connectivity index (χ0v) is 11.7. The lowest BCUT2D eigenvalue weighted by atomic mass is 9.99. The van der Waals surface area contributed by atoms with Crippen LogP contribution in [0.3, 0.4) is 0 Å². The molecule has 4 rings (SSSR count). The molecule has 1 aromatic carbocycles. The van der Waals surface area contributed by atoms with Gasteiger partial charge >= 0.3 is 5.97 Å². The van der Waals surface area contributed by atoms with Gasteiger partial charge in [0, 0.05) is 12.1 Å². The minimum Gasteiger partial charge on any atom is -0.460 e. The van der Waals surface area contributed by atoms with Crippen molar-refractivity contribution in [2.45, 2.75) is 29.9 Å². The Labute approximate surface area is 120 Å². The summed E-state index contributed by atoms with van der Waals surface area (Å²) in [5.41, 5.74) is -0.187. The van der Waals surface area contributed by atoms with Gasteiger partial charge in [-0.3, -0.25) is 14.9 Å². The van der Waals surface area contributed by atoms with Crippen molar-refractivity contribution in [3.8, 4) is 0 Å². The van der Waals surface area contributed by atoms with Gasteiger partial charge in [-0.1, -0.05) is 0 Å². The minimum atomic E-state index is -3.86. The number of rotatable bonds is 3. The molecule has 3 fully saturated rings.